The molecule has 2 aliphatic rings. The van der Waals surface area contributed by atoms with Gasteiger partial charge < -0.3 is 19.4 Å². The van der Waals surface area contributed by atoms with E-state index in [1.807, 2.05) is 4.90 Å². The zero-order chi connectivity index (χ0) is 15.6. The quantitative estimate of drug-likeness (QED) is 0.826. The van der Waals surface area contributed by atoms with Crippen molar-refractivity contribution in [2.45, 2.75) is 37.0 Å². The van der Waals surface area contributed by atoms with Gasteiger partial charge >= 0.3 is 6.09 Å². The minimum Gasteiger partial charge on any atom is -0.441 e. The van der Waals surface area contributed by atoms with Crippen molar-refractivity contribution in [1.82, 2.24) is 20.4 Å². The molecule has 1 aromatic rings. The summed E-state index contributed by atoms with van der Waals surface area (Å²) in [5.74, 6) is 0.796. The van der Waals surface area contributed by atoms with Crippen LogP contribution in [0.25, 0.3) is 0 Å². The molecule has 0 saturated carbocycles. The summed E-state index contributed by atoms with van der Waals surface area (Å²) in [6, 6.07) is 0. The van der Waals surface area contributed by atoms with E-state index >= 15 is 0 Å². The SMILES string of the molecule is Cc1nnc(SCC(=O)N2CCC[C@]3(CC2)CNC(=O)O3)o1. The fourth-order valence-corrected chi connectivity index (χ4v) is 3.46. The van der Waals surface area contributed by atoms with Gasteiger partial charge in [0.25, 0.3) is 5.22 Å². The Morgan fingerprint density at radius 1 is 1.41 bits per heavy atom. The van der Waals surface area contributed by atoms with Gasteiger partial charge in [-0.3, -0.25) is 4.79 Å². The number of ether oxygens (including phenoxy) is 1. The Labute approximate surface area is 132 Å². The highest BCUT2D eigenvalue weighted by Gasteiger charge is 2.41. The predicted octanol–water partition coefficient (Wildman–Crippen LogP) is 0.961. The minimum atomic E-state index is -0.442. The molecule has 0 radical (unpaired) electrons. The maximum atomic E-state index is 12.3. The zero-order valence-electron chi connectivity index (χ0n) is 12.3. The van der Waals surface area contributed by atoms with Crippen molar-refractivity contribution in [2.24, 2.45) is 0 Å². The zero-order valence-corrected chi connectivity index (χ0v) is 13.1. The smallest absolute Gasteiger partial charge is 0.407 e. The van der Waals surface area contributed by atoms with Gasteiger partial charge in [-0.05, 0) is 12.8 Å². The Morgan fingerprint density at radius 3 is 2.95 bits per heavy atom. The van der Waals surface area contributed by atoms with E-state index in [4.69, 9.17) is 9.15 Å². The first kappa shape index (κ1) is 15.1. The number of aromatic nitrogens is 2. The maximum absolute atomic E-state index is 12.3. The highest BCUT2D eigenvalue weighted by Crippen LogP contribution is 2.29. The standard InChI is InChI=1S/C13H18N4O4S/c1-9-15-16-12(20-9)22-7-10(18)17-5-2-3-13(4-6-17)8-14-11(19)21-13/h2-8H2,1H3,(H,14,19)/t13-/m0/s1. The Hall–Kier alpha value is -1.77. The number of nitrogens with one attached hydrogen (secondary N) is 1. The fraction of sp³-hybridized carbons (Fsp3) is 0.692. The second-order valence-corrected chi connectivity index (χ2v) is 6.46. The Bertz CT molecular complexity index is 578. The Morgan fingerprint density at radius 2 is 2.27 bits per heavy atom. The van der Waals surface area contributed by atoms with Crippen LogP contribution < -0.4 is 5.32 Å². The van der Waals surface area contributed by atoms with Gasteiger partial charge in [-0.25, -0.2) is 4.79 Å². The van der Waals surface area contributed by atoms with Crippen molar-refractivity contribution in [3.8, 4) is 0 Å². The second-order valence-electron chi connectivity index (χ2n) is 5.54. The molecule has 0 aliphatic carbocycles. The molecule has 2 aliphatic heterocycles. The van der Waals surface area contributed by atoms with Crippen molar-refractivity contribution in [3.05, 3.63) is 5.89 Å². The van der Waals surface area contributed by atoms with Gasteiger partial charge in [0.05, 0.1) is 12.3 Å². The van der Waals surface area contributed by atoms with E-state index in [9.17, 15) is 9.59 Å². The molecule has 8 nitrogen and oxygen atoms in total. The molecule has 3 heterocycles. The molecular weight excluding hydrogens is 308 g/mol. The van der Waals surface area contributed by atoms with E-state index < -0.39 is 5.60 Å². The topological polar surface area (TPSA) is 97.6 Å². The number of alkyl carbamates (subject to hydrolysis) is 1. The molecule has 2 amide bonds. The summed E-state index contributed by atoms with van der Waals surface area (Å²) in [5, 5.41) is 10.7. The van der Waals surface area contributed by atoms with Crippen molar-refractivity contribution in [3.63, 3.8) is 0 Å². The lowest BCUT2D eigenvalue weighted by Gasteiger charge is -2.24. The number of amides is 2. The number of rotatable bonds is 3. The van der Waals surface area contributed by atoms with Crippen LogP contribution >= 0.6 is 11.8 Å². The minimum absolute atomic E-state index is 0.0372. The van der Waals surface area contributed by atoms with Crippen LogP contribution in [0.2, 0.25) is 0 Å². The molecule has 1 N–H and O–H groups in total. The van der Waals surface area contributed by atoms with E-state index in [-0.39, 0.29) is 17.8 Å². The van der Waals surface area contributed by atoms with Crippen LogP contribution in [-0.4, -0.2) is 58.1 Å². The lowest BCUT2D eigenvalue weighted by molar-refractivity contribution is -0.128. The van der Waals surface area contributed by atoms with Crippen molar-refractivity contribution in [2.75, 3.05) is 25.4 Å². The maximum Gasteiger partial charge on any atom is 0.407 e. The number of aryl methyl sites for hydroxylation is 1. The molecule has 2 saturated heterocycles. The summed E-state index contributed by atoms with van der Waals surface area (Å²) in [5.41, 5.74) is -0.442. The van der Waals surface area contributed by atoms with E-state index in [0.717, 1.165) is 12.8 Å². The number of hydrogen-bond donors (Lipinski definition) is 1. The number of likely N-dealkylation sites (tertiary alicyclic amines) is 1. The van der Waals surface area contributed by atoms with E-state index in [0.29, 0.717) is 37.2 Å². The summed E-state index contributed by atoms with van der Waals surface area (Å²) in [6.45, 7) is 3.52. The third-order valence-corrected chi connectivity index (χ3v) is 4.74. The molecule has 1 spiro atoms. The largest absolute Gasteiger partial charge is 0.441 e. The number of carbonyl (C=O) groups is 2. The van der Waals surface area contributed by atoms with Crippen LogP contribution in [0.3, 0.4) is 0 Å². The van der Waals surface area contributed by atoms with Gasteiger partial charge in [-0.15, -0.1) is 10.2 Å². The monoisotopic (exact) mass is 326 g/mol. The number of thioether (sulfide) groups is 1. The van der Waals surface area contributed by atoms with Crippen LogP contribution in [0.1, 0.15) is 25.2 Å². The van der Waals surface area contributed by atoms with E-state index in [1.165, 1.54) is 11.8 Å². The van der Waals surface area contributed by atoms with Gasteiger partial charge in [0.2, 0.25) is 11.8 Å². The molecular formula is C13H18N4O4S. The van der Waals surface area contributed by atoms with Crippen LogP contribution in [0, 0.1) is 6.92 Å². The van der Waals surface area contributed by atoms with Crippen LogP contribution in [0.15, 0.2) is 9.64 Å². The van der Waals surface area contributed by atoms with Gasteiger partial charge in [0.1, 0.15) is 5.60 Å². The Balaban J connectivity index is 1.52. The second kappa shape index (κ2) is 6.15. The molecule has 22 heavy (non-hydrogen) atoms. The van der Waals surface area contributed by atoms with Gasteiger partial charge in [-0.2, -0.15) is 0 Å². The summed E-state index contributed by atoms with van der Waals surface area (Å²) in [7, 11) is 0. The number of carbonyl (C=O) groups excluding carboxylic acids is 2. The highest BCUT2D eigenvalue weighted by atomic mass is 32.2. The summed E-state index contributed by atoms with van der Waals surface area (Å²) in [6.07, 6.45) is 1.92. The Kier molecular flexibility index (Phi) is 4.23. The molecule has 120 valence electrons. The first-order valence-electron chi connectivity index (χ1n) is 7.24. The molecule has 2 fully saturated rings. The van der Waals surface area contributed by atoms with Crippen molar-refractivity contribution < 1.29 is 18.7 Å². The first-order valence-corrected chi connectivity index (χ1v) is 8.22. The summed E-state index contributed by atoms with van der Waals surface area (Å²) < 4.78 is 10.6. The molecule has 9 heteroatoms. The average molecular weight is 326 g/mol. The fourth-order valence-electron chi connectivity index (χ4n) is 2.75. The third-order valence-electron chi connectivity index (χ3n) is 3.94. The van der Waals surface area contributed by atoms with E-state index in [2.05, 4.69) is 15.5 Å². The molecule has 3 rings (SSSR count). The number of hydrogen-bond acceptors (Lipinski definition) is 7. The van der Waals surface area contributed by atoms with Crippen LogP contribution in [-0.2, 0) is 9.53 Å². The highest BCUT2D eigenvalue weighted by molar-refractivity contribution is 7.99. The summed E-state index contributed by atoms with van der Waals surface area (Å²) >= 11 is 1.24. The molecule has 0 unspecified atom stereocenters. The van der Waals surface area contributed by atoms with Gasteiger partial charge in [0.15, 0.2) is 0 Å². The van der Waals surface area contributed by atoms with Gasteiger partial charge in [-0.1, -0.05) is 11.8 Å². The molecule has 0 aromatic carbocycles. The van der Waals surface area contributed by atoms with Crippen molar-refractivity contribution >= 4 is 23.8 Å². The van der Waals surface area contributed by atoms with Crippen molar-refractivity contribution in [1.29, 1.82) is 0 Å². The number of nitrogens with zero attached hydrogens (tertiary/aromatic N) is 3. The molecule has 0 bridgehead atoms. The third kappa shape index (κ3) is 3.34. The summed E-state index contributed by atoms with van der Waals surface area (Å²) in [4.78, 5) is 25.4. The predicted molar refractivity (Wildman–Crippen MR) is 77.4 cm³/mol. The molecule has 1 aromatic heterocycles. The lowest BCUT2D eigenvalue weighted by atomic mass is 9.95. The average Bonchev–Trinajstić information content (AvgIpc) is 2.99. The van der Waals surface area contributed by atoms with E-state index in [1.54, 1.807) is 6.92 Å². The van der Waals surface area contributed by atoms with Crippen LogP contribution in [0.5, 0.6) is 0 Å². The molecule has 1 atom stereocenters. The normalized spacial score (nSPS) is 25.0. The van der Waals surface area contributed by atoms with Gasteiger partial charge in [0, 0.05) is 26.4 Å². The lowest BCUT2D eigenvalue weighted by Crippen LogP contribution is -2.37. The first-order chi connectivity index (χ1) is 10.6. The van der Waals surface area contributed by atoms with Crippen LogP contribution in [0.4, 0.5) is 4.79 Å².